The van der Waals surface area contributed by atoms with E-state index < -0.39 is 5.97 Å². The molecule has 0 radical (unpaired) electrons. The summed E-state index contributed by atoms with van der Waals surface area (Å²) in [6.45, 7) is 4.18. The van der Waals surface area contributed by atoms with E-state index in [0.29, 0.717) is 12.3 Å². The van der Waals surface area contributed by atoms with Crippen LogP contribution in [0.5, 0.6) is 0 Å². The lowest BCUT2D eigenvalue weighted by Gasteiger charge is -2.09. The van der Waals surface area contributed by atoms with Crippen LogP contribution in [0, 0.1) is 0 Å². The highest BCUT2D eigenvalue weighted by Crippen LogP contribution is 2.18. The third-order valence-corrected chi connectivity index (χ3v) is 2.63. The summed E-state index contributed by atoms with van der Waals surface area (Å²) in [5.41, 5.74) is 1.93. The van der Waals surface area contributed by atoms with E-state index in [1.165, 1.54) is 5.56 Å². The largest absolute Gasteiger partial charge is 0.481 e. The summed E-state index contributed by atoms with van der Waals surface area (Å²) in [5, 5.41) is 11.3. The first kappa shape index (κ1) is 14.2. The summed E-state index contributed by atoms with van der Waals surface area (Å²) in [5.74, 6) is -0.601. The molecule has 1 amide bonds. The van der Waals surface area contributed by atoms with Crippen LogP contribution in [0.15, 0.2) is 24.3 Å². The number of carbonyl (C=O) groups is 2. The van der Waals surface area contributed by atoms with Gasteiger partial charge in [-0.25, -0.2) is 0 Å². The van der Waals surface area contributed by atoms with Crippen molar-refractivity contribution in [2.45, 2.75) is 39.0 Å². The van der Waals surface area contributed by atoms with Crippen LogP contribution < -0.4 is 5.32 Å². The van der Waals surface area contributed by atoms with Crippen LogP contribution in [0.25, 0.3) is 0 Å². The number of aliphatic carboxylic acids is 1. The molecule has 1 aromatic rings. The van der Waals surface area contributed by atoms with Crippen LogP contribution in [-0.4, -0.2) is 17.0 Å². The molecular weight excluding hydrogens is 230 g/mol. The van der Waals surface area contributed by atoms with E-state index >= 15 is 0 Å². The Balaban J connectivity index is 2.49. The Morgan fingerprint density at radius 2 is 2.00 bits per heavy atom. The normalized spacial score (nSPS) is 10.4. The van der Waals surface area contributed by atoms with Crippen molar-refractivity contribution in [1.29, 1.82) is 0 Å². The van der Waals surface area contributed by atoms with Crippen molar-refractivity contribution in [3.05, 3.63) is 29.8 Å². The topological polar surface area (TPSA) is 66.4 Å². The Morgan fingerprint density at radius 3 is 2.61 bits per heavy atom. The Bertz CT molecular complexity index is 427. The second kappa shape index (κ2) is 6.79. The summed E-state index contributed by atoms with van der Waals surface area (Å²) >= 11 is 0. The number of hydrogen-bond donors (Lipinski definition) is 2. The van der Waals surface area contributed by atoms with Crippen molar-refractivity contribution in [1.82, 2.24) is 0 Å². The molecule has 4 heteroatoms. The van der Waals surface area contributed by atoms with Crippen molar-refractivity contribution >= 4 is 17.6 Å². The molecule has 0 aliphatic heterocycles. The molecule has 0 atom stereocenters. The fourth-order valence-electron chi connectivity index (χ4n) is 1.60. The lowest BCUT2D eigenvalue weighted by molar-refractivity contribution is -0.137. The first-order valence-electron chi connectivity index (χ1n) is 6.10. The van der Waals surface area contributed by atoms with Gasteiger partial charge in [-0.2, -0.15) is 0 Å². The second-order valence-corrected chi connectivity index (χ2v) is 4.58. The number of carboxylic acid groups (broad SMARTS) is 1. The van der Waals surface area contributed by atoms with Crippen molar-refractivity contribution in [3.8, 4) is 0 Å². The van der Waals surface area contributed by atoms with E-state index in [9.17, 15) is 9.59 Å². The summed E-state index contributed by atoms with van der Waals surface area (Å²) < 4.78 is 0. The van der Waals surface area contributed by atoms with Gasteiger partial charge in [-0.05, 0) is 30.0 Å². The number of benzene rings is 1. The molecule has 4 nitrogen and oxygen atoms in total. The van der Waals surface area contributed by atoms with Gasteiger partial charge in [0.05, 0.1) is 0 Å². The van der Waals surface area contributed by atoms with Gasteiger partial charge in [0.25, 0.3) is 0 Å². The minimum Gasteiger partial charge on any atom is -0.481 e. The average Bonchev–Trinajstić information content (AvgIpc) is 2.28. The summed E-state index contributed by atoms with van der Waals surface area (Å²) in [6, 6.07) is 7.70. The van der Waals surface area contributed by atoms with E-state index in [4.69, 9.17) is 5.11 Å². The van der Waals surface area contributed by atoms with E-state index in [1.54, 1.807) is 0 Å². The predicted molar refractivity (Wildman–Crippen MR) is 70.6 cm³/mol. The predicted octanol–water partition coefficient (Wildman–Crippen LogP) is 3.00. The maximum Gasteiger partial charge on any atom is 0.303 e. The molecule has 0 fully saturated rings. The smallest absolute Gasteiger partial charge is 0.303 e. The number of carboxylic acids is 1. The molecule has 0 aliphatic rings. The molecule has 98 valence electrons. The first-order valence-corrected chi connectivity index (χ1v) is 6.10. The van der Waals surface area contributed by atoms with Crippen LogP contribution in [-0.2, 0) is 9.59 Å². The van der Waals surface area contributed by atoms with Crippen LogP contribution >= 0.6 is 0 Å². The van der Waals surface area contributed by atoms with Crippen LogP contribution in [0.2, 0.25) is 0 Å². The number of rotatable bonds is 6. The monoisotopic (exact) mass is 249 g/mol. The number of nitrogens with one attached hydrogen (secondary N) is 1. The van der Waals surface area contributed by atoms with E-state index in [-0.39, 0.29) is 18.7 Å². The molecule has 1 aromatic carbocycles. The van der Waals surface area contributed by atoms with Gasteiger partial charge < -0.3 is 10.4 Å². The van der Waals surface area contributed by atoms with Gasteiger partial charge in [0, 0.05) is 18.5 Å². The van der Waals surface area contributed by atoms with E-state index in [2.05, 4.69) is 19.2 Å². The van der Waals surface area contributed by atoms with Crippen LogP contribution in [0.3, 0.4) is 0 Å². The molecule has 2 N–H and O–H groups in total. The highest BCUT2D eigenvalue weighted by Gasteiger charge is 2.05. The summed E-state index contributed by atoms with van der Waals surface area (Å²) in [7, 11) is 0. The third kappa shape index (κ3) is 4.99. The Hall–Kier alpha value is -1.84. The third-order valence-electron chi connectivity index (χ3n) is 2.63. The molecule has 0 aliphatic carbocycles. The fourth-order valence-corrected chi connectivity index (χ4v) is 1.60. The second-order valence-electron chi connectivity index (χ2n) is 4.58. The van der Waals surface area contributed by atoms with Gasteiger partial charge >= 0.3 is 5.97 Å². The van der Waals surface area contributed by atoms with Gasteiger partial charge in [-0.15, -0.1) is 0 Å². The summed E-state index contributed by atoms with van der Waals surface area (Å²) in [4.78, 5) is 21.9. The maximum absolute atomic E-state index is 11.6. The molecular formula is C14H19NO3. The van der Waals surface area contributed by atoms with Crippen LogP contribution in [0.1, 0.15) is 44.6 Å². The zero-order valence-corrected chi connectivity index (χ0v) is 10.8. The zero-order chi connectivity index (χ0) is 13.5. The van der Waals surface area contributed by atoms with Gasteiger partial charge in [-0.3, -0.25) is 9.59 Å². The molecule has 18 heavy (non-hydrogen) atoms. The van der Waals surface area contributed by atoms with Gasteiger partial charge in [0.15, 0.2) is 0 Å². The fraction of sp³-hybridized carbons (Fsp3) is 0.429. The molecule has 0 aromatic heterocycles. The van der Waals surface area contributed by atoms with E-state index in [1.807, 2.05) is 24.3 Å². The first-order chi connectivity index (χ1) is 8.49. The quantitative estimate of drug-likeness (QED) is 0.814. The lowest BCUT2D eigenvalue weighted by Crippen LogP contribution is -2.12. The van der Waals surface area contributed by atoms with E-state index in [0.717, 1.165) is 5.69 Å². The number of anilines is 1. The minimum absolute atomic E-state index is 0.0272. The Labute approximate surface area is 107 Å². The summed E-state index contributed by atoms with van der Waals surface area (Å²) in [6.07, 6.45) is 0.628. The SMILES string of the molecule is CC(C)c1cccc(NC(=O)CCCC(=O)O)c1. The highest BCUT2D eigenvalue weighted by atomic mass is 16.4. The minimum atomic E-state index is -0.871. The molecule has 0 bridgehead atoms. The molecule has 0 heterocycles. The molecule has 0 spiro atoms. The van der Waals surface area contributed by atoms with Crippen molar-refractivity contribution in [2.75, 3.05) is 5.32 Å². The van der Waals surface area contributed by atoms with Gasteiger partial charge in [0.2, 0.25) is 5.91 Å². The van der Waals surface area contributed by atoms with Crippen LogP contribution in [0.4, 0.5) is 5.69 Å². The Kier molecular flexibility index (Phi) is 5.36. The molecule has 1 rings (SSSR count). The number of hydrogen-bond acceptors (Lipinski definition) is 2. The van der Waals surface area contributed by atoms with Crippen molar-refractivity contribution in [3.63, 3.8) is 0 Å². The van der Waals surface area contributed by atoms with Crippen molar-refractivity contribution in [2.24, 2.45) is 0 Å². The standard InChI is InChI=1S/C14H19NO3/c1-10(2)11-5-3-6-12(9-11)15-13(16)7-4-8-14(17)18/h3,5-6,9-10H,4,7-8H2,1-2H3,(H,15,16)(H,17,18). The molecule has 0 unspecified atom stereocenters. The Morgan fingerprint density at radius 1 is 1.28 bits per heavy atom. The molecule has 0 saturated heterocycles. The lowest BCUT2D eigenvalue weighted by atomic mass is 10.0. The molecule has 0 saturated carbocycles. The highest BCUT2D eigenvalue weighted by molar-refractivity contribution is 5.90. The number of amides is 1. The van der Waals surface area contributed by atoms with Crippen molar-refractivity contribution < 1.29 is 14.7 Å². The average molecular weight is 249 g/mol. The van der Waals surface area contributed by atoms with Gasteiger partial charge in [-0.1, -0.05) is 26.0 Å². The number of carbonyl (C=O) groups excluding carboxylic acids is 1. The zero-order valence-electron chi connectivity index (χ0n) is 10.8. The van der Waals surface area contributed by atoms with Gasteiger partial charge in [0.1, 0.15) is 0 Å². The maximum atomic E-state index is 11.6.